The van der Waals surface area contributed by atoms with Crippen molar-refractivity contribution in [1.82, 2.24) is 4.90 Å². The lowest BCUT2D eigenvalue weighted by Crippen LogP contribution is -2.50. The number of anilines is 2. The van der Waals surface area contributed by atoms with Crippen molar-refractivity contribution < 1.29 is 19.1 Å². The fraction of sp³-hybridized carbons (Fsp3) is 0.571. The summed E-state index contributed by atoms with van der Waals surface area (Å²) in [6.45, 7) is 10.4. The number of piperazine rings is 1. The van der Waals surface area contributed by atoms with Gasteiger partial charge in [-0.15, -0.1) is 0 Å². The molecule has 0 aliphatic carbocycles. The van der Waals surface area contributed by atoms with Crippen LogP contribution in [0.2, 0.25) is 0 Å². The summed E-state index contributed by atoms with van der Waals surface area (Å²) in [6.07, 6.45) is 0.136. The van der Waals surface area contributed by atoms with Crippen molar-refractivity contribution in [2.75, 3.05) is 42.5 Å². The van der Waals surface area contributed by atoms with Crippen LogP contribution < -0.4 is 9.80 Å². The smallest absolute Gasteiger partial charge is 0.410 e. The van der Waals surface area contributed by atoms with Gasteiger partial charge in [0, 0.05) is 62.7 Å². The molecule has 158 valence electrons. The Hall–Kier alpha value is -2.22. The maximum Gasteiger partial charge on any atom is 0.410 e. The van der Waals surface area contributed by atoms with Crippen molar-refractivity contribution in [3.05, 3.63) is 24.3 Å². The number of nitrogens with zero attached hydrogens (tertiary/aromatic N) is 3. The summed E-state index contributed by atoms with van der Waals surface area (Å²) in [5.41, 5.74) is 1.44. The molecule has 0 bridgehead atoms. The van der Waals surface area contributed by atoms with Crippen LogP contribution >= 0.6 is 11.8 Å². The fourth-order valence-corrected chi connectivity index (χ4v) is 4.47. The number of thioether (sulfide) groups is 1. The van der Waals surface area contributed by atoms with E-state index in [0.717, 1.165) is 24.5 Å². The van der Waals surface area contributed by atoms with Gasteiger partial charge in [0.1, 0.15) is 5.60 Å². The lowest BCUT2D eigenvalue weighted by atomic mass is 10.2. The van der Waals surface area contributed by atoms with E-state index in [1.807, 2.05) is 45.0 Å². The van der Waals surface area contributed by atoms with Crippen molar-refractivity contribution in [3.8, 4) is 0 Å². The Balaban J connectivity index is 1.56. The van der Waals surface area contributed by atoms with Gasteiger partial charge in [0.15, 0.2) is 5.12 Å². The Morgan fingerprint density at radius 1 is 1.03 bits per heavy atom. The third-order valence-electron chi connectivity index (χ3n) is 4.88. The van der Waals surface area contributed by atoms with E-state index in [2.05, 4.69) is 4.90 Å². The molecule has 3 rings (SSSR count). The molecule has 1 unspecified atom stereocenters. The summed E-state index contributed by atoms with van der Waals surface area (Å²) >= 11 is 1.24. The Morgan fingerprint density at radius 2 is 1.62 bits per heavy atom. The zero-order valence-electron chi connectivity index (χ0n) is 17.5. The maximum absolute atomic E-state index is 12.3. The minimum atomic E-state index is -0.487. The summed E-state index contributed by atoms with van der Waals surface area (Å²) in [4.78, 5) is 41.5. The first-order valence-corrected chi connectivity index (χ1v) is 10.8. The second kappa shape index (κ2) is 8.65. The molecule has 2 aliphatic rings. The minimum absolute atomic E-state index is 0.0283. The van der Waals surface area contributed by atoms with Crippen molar-refractivity contribution in [2.24, 2.45) is 0 Å². The summed E-state index contributed by atoms with van der Waals surface area (Å²) in [6, 6.07) is 7.93. The maximum atomic E-state index is 12.3. The monoisotopic (exact) mass is 419 g/mol. The molecule has 1 aromatic carbocycles. The molecular formula is C21H29N3O4S. The minimum Gasteiger partial charge on any atom is -0.444 e. The summed E-state index contributed by atoms with van der Waals surface area (Å²) < 4.78 is 5.44. The average molecular weight is 420 g/mol. The molecule has 8 heteroatoms. The molecule has 0 radical (unpaired) electrons. The predicted octanol–water partition coefficient (Wildman–Crippen LogP) is 3.13. The van der Waals surface area contributed by atoms with Crippen LogP contribution in [0.15, 0.2) is 24.3 Å². The number of ether oxygens (including phenoxy) is 1. The lowest BCUT2D eigenvalue weighted by molar-refractivity contribution is -0.117. The van der Waals surface area contributed by atoms with Gasteiger partial charge in [-0.2, -0.15) is 0 Å². The molecule has 1 aromatic rings. The van der Waals surface area contributed by atoms with E-state index in [0.29, 0.717) is 26.1 Å². The van der Waals surface area contributed by atoms with Crippen LogP contribution in [0.1, 0.15) is 34.1 Å². The Bertz CT molecular complexity index is 767. The average Bonchev–Trinajstić information content (AvgIpc) is 3.00. The van der Waals surface area contributed by atoms with E-state index < -0.39 is 5.60 Å². The first-order valence-electron chi connectivity index (χ1n) is 9.93. The number of benzene rings is 1. The van der Waals surface area contributed by atoms with Crippen LogP contribution in [-0.2, 0) is 14.3 Å². The van der Waals surface area contributed by atoms with Gasteiger partial charge in [-0.1, -0.05) is 11.8 Å². The van der Waals surface area contributed by atoms with Crippen LogP contribution in [0.5, 0.6) is 0 Å². The van der Waals surface area contributed by atoms with E-state index in [1.54, 1.807) is 9.80 Å². The summed E-state index contributed by atoms with van der Waals surface area (Å²) in [7, 11) is 0. The van der Waals surface area contributed by atoms with Crippen LogP contribution in [0, 0.1) is 0 Å². The van der Waals surface area contributed by atoms with Crippen LogP contribution in [0.4, 0.5) is 16.2 Å². The van der Waals surface area contributed by atoms with Gasteiger partial charge in [0.2, 0.25) is 5.91 Å². The van der Waals surface area contributed by atoms with Crippen molar-refractivity contribution in [2.45, 2.75) is 45.0 Å². The lowest BCUT2D eigenvalue weighted by Gasteiger charge is -2.36. The number of amides is 2. The fourth-order valence-electron chi connectivity index (χ4n) is 3.56. The molecular weight excluding hydrogens is 390 g/mol. The van der Waals surface area contributed by atoms with Gasteiger partial charge in [0.05, 0.1) is 0 Å². The van der Waals surface area contributed by atoms with Crippen LogP contribution in [0.3, 0.4) is 0 Å². The number of carbonyl (C=O) groups excluding carboxylic acids is 3. The van der Waals surface area contributed by atoms with Gasteiger partial charge >= 0.3 is 6.09 Å². The van der Waals surface area contributed by atoms with Gasteiger partial charge in [0.25, 0.3) is 0 Å². The standard InChI is InChI=1S/C21H29N3O4S/c1-15(25)29-18-13-19(26)24(14-18)17-7-5-16(6-8-17)22-9-11-23(12-10-22)20(27)28-21(2,3)4/h5-8,18H,9-14H2,1-4H3. The van der Waals surface area contributed by atoms with Crippen molar-refractivity contribution in [1.29, 1.82) is 0 Å². The molecule has 7 nitrogen and oxygen atoms in total. The Kier molecular flexibility index (Phi) is 6.41. The topological polar surface area (TPSA) is 70.2 Å². The molecule has 29 heavy (non-hydrogen) atoms. The second-order valence-corrected chi connectivity index (χ2v) is 9.89. The largest absolute Gasteiger partial charge is 0.444 e. The quantitative estimate of drug-likeness (QED) is 0.750. The van der Waals surface area contributed by atoms with E-state index in [-0.39, 0.29) is 22.4 Å². The Morgan fingerprint density at radius 3 is 2.17 bits per heavy atom. The predicted molar refractivity (Wildman–Crippen MR) is 115 cm³/mol. The number of hydrogen-bond donors (Lipinski definition) is 0. The van der Waals surface area contributed by atoms with Gasteiger partial charge < -0.3 is 19.4 Å². The molecule has 2 saturated heterocycles. The molecule has 0 aromatic heterocycles. The number of hydrogen-bond acceptors (Lipinski definition) is 6. The highest BCUT2D eigenvalue weighted by molar-refractivity contribution is 8.14. The van der Waals surface area contributed by atoms with Gasteiger partial charge in [-0.3, -0.25) is 9.59 Å². The van der Waals surface area contributed by atoms with Gasteiger partial charge in [-0.25, -0.2) is 4.79 Å². The highest BCUT2D eigenvalue weighted by atomic mass is 32.2. The molecule has 2 heterocycles. The van der Waals surface area contributed by atoms with E-state index in [1.165, 1.54) is 18.7 Å². The highest BCUT2D eigenvalue weighted by Crippen LogP contribution is 2.30. The molecule has 1 atom stereocenters. The third-order valence-corrected chi connectivity index (χ3v) is 5.86. The summed E-state index contributed by atoms with van der Waals surface area (Å²) in [5, 5.41) is 0.0751. The molecule has 2 fully saturated rings. The first kappa shape index (κ1) is 21.5. The van der Waals surface area contributed by atoms with Crippen molar-refractivity contribution in [3.63, 3.8) is 0 Å². The normalized spacial score (nSPS) is 20.2. The number of carbonyl (C=O) groups is 3. The zero-order valence-corrected chi connectivity index (χ0v) is 18.3. The first-order chi connectivity index (χ1) is 13.6. The second-order valence-electron chi connectivity index (χ2n) is 8.41. The Labute approximate surface area is 176 Å². The van der Waals surface area contributed by atoms with Crippen LogP contribution in [0.25, 0.3) is 0 Å². The summed E-state index contributed by atoms with van der Waals surface area (Å²) in [5.74, 6) is 0.0578. The van der Waals surface area contributed by atoms with Crippen molar-refractivity contribution >= 4 is 40.3 Å². The molecule has 0 saturated carbocycles. The molecule has 0 spiro atoms. The zero-order chi connectivity index (χ0) is 21.2. The number of rotatable bonds is 3. The molecule has 2 amide bonds. The van der Waals surface area contributed by atoms with E-state index in [4.69, 9.17) is 4.74 Å². The molecule has 2 aliphatic heterocycles. The van der Waals surface area contributed by atoms with Gasteiger partial charge in [-0.05, 0) is 45.0 Å². The SMILES string of the molecule is CC(=O)SC1CC(=O)N(c2ccc(N3CCN(C(=O)OC(C)(C)C)CC3)cc2)C1. The van der Waals surface area contributed by atoms with E-state index >= 15 is 0 Å². The highest BCUT2D eigenvalue weighted by Gasteiger charge is 2.32. The van der Waals surface area contributed by atoms with E-state index in [9.17, 15) is 14.4 Å². The van der Waals surface area contributed by atoms with Crippen LogP contribution in [-0.4, -0.2) is 65.6 Å². The third kappa shape index (κ3) is 5.65. The molecule has 0 N–H and O–H groups in total.